The Bertz CT molecular complexity index is 481. The summed E-state index contributed by atoms with van der Waals surface area (Å²) < 4.78 is 0. The number of anilines is 1. The number of hydrogen-bond donors (Lipinski definition) is 1. The van der Waals surface area contributed by atoms with E-state index in [2.05, 4.69) is 4.90 Å². The second-order valence-corrected chi connectivity index (χ2v) is 5.95. The molecule has 4 rings (SSSR count). The van der Waals surface area contributed by atoms with Crippen molar-refractivity contribution in [1.29, 1.82) is 0 Å². The maximum absolute atomic E-state index is 6.03. The molecule has 96 valence electrons. The van der Waals surface area contributed by atoms with Gasteiger partial charge in [0.05, 0.1) is 0 Å². The van der Waals surface area contributed by atoms with Gasteiger partial charge in [-0.25, -0.2) is 9.97 Å². The molecule has 0 spiro atoms. The first-order chi connectivity index (χ1) is 8.81. The third-order valence-electron chi connectivity index (χ3n) is 4.40. The highest BCUT2D eigenvalue weighted by Gasteiger charge is 2.32. The molecule has 1 aliphatic heterocycles. The monoisotopic (exact) mass is 244 g/mol. The topological polar surface area (TPSA) is 55.0 Å². The van der Waals surface area contributed by atoms with Crippen molar-refractivity contribution in [1.82, 2.24) is 9.97 Å². The summed E-state index contributed by atoms with van der Waals surface area (Å²) in [5, 5.41) is 0. The molecule has 1 saturated heterocycles. The van der Waals surface area contributed by atoms with Gasteiger partial charge in [-0.1, -0.05) is 0 Å². The maximum Gasteiger partial charge on any atom is 0.135 e. The minimum Gasteiger partial charge on any atom is -0.355 e. The van der Waals surface area contributed by atoms with E-state index in [1.165, 1.54) is 36.3 Å². The molecule has 0 bridgehead atoms. The van der Waals surface area contributed by atoms with Gasteiger partial charge in [0.25, 0.3) is 0 Å². The van der Waals surface area contributed by atoms with Crippen LogP contribution in [-0.2, 0) is 12.8 Å². The molecule has 0 amide bonds. The number of aryl methyl sites for hydroxylation is 1. The Morgan fingerprint density at radius 3 is 2.72 bits per heavy atom. The molecule has 1 aromatic rings. The average molecular weight is 244 g/mol. The SMILES string of the molecule is NC1CCN(c2nc(C3CC3)nc3c2CCC3)C1. The molecular weight excluding hydrogens is 224 g/mol. The van der Waals surface area contributed by atoms with E-state index in [1.54, 1.807) is 0 Å². The first kappa shape index (κ1) is 10.7. The van der Waals surface area contributed by atoms with E-state index in [0.29, 0.717) is 12.0 Å². The zero-order valence-electron chi connectivity index (χ0n) is 10.7. The highest BCUT2D eigenvalue weighted by Crippen LogP contribution is 2.40. The Balaban J connectivity index is 1.75. The molecule has 2 aliphatic carbocycles. The third kappa shape index (κ3) is 1.70. The molecule has 1 saturated carbocycles. The Morgan fingerprint density at radius 1 is 1.11 bits per heavy atom. The zero-order chi connectivity index (χ0) is 12.1. The minimum atomic E-state index is 0.321. The molecule has 4 heteroatoms. The Kier molecular flexibility index (Phi) is 2.34. The Morgan fingerprint density at radius 2 is 2.00 bits per heavy atom. The molecule has 2 N–H and O–H groups in total. The molecule has 18 heavy (non-hydrogen) atoms. The number of fused-ring (bicyclic) bond motifs is 1. The van der Waals surface area contributed by atoms with Crippen molar-refractivity contribution >= 4 is 5.82 Å². The van der Waals surface area contributed by atoms with Gasteiger partial charge in [-0.3, -0.25) is 0 Å². The van der Waals surface area contributed by atoms with E-state index in [9.17, 15) is 0 Å². The summed E-state index contributed by atoms with van der Waals surface area (Å²) >= 11 is 0. The fourth-order valence-electron chi connectivity index (χ4n) is 3.20. The van der Waals surface area contributed by atoms with Crippen molar-refractivity contribution < 1.29 is 0 Å². The predicted octanol–water partition coefficient (Wildman–Crippen LogP) is 1.38. The average Bonchev–Trinajstić information content (AvgIpc) is 2.96. The van der Waals surface area contributed by atoms with Crippen LogP contribution in [0, 0.1) is 0 Å². The molecular formula is C14H20N4. The molecule has 0 radical (unpaired) electrons. The van der Waals surface area contributed by atoms with Crippen molar-refractivity contribution in [3.8, 4) is 0 Å². The second kappa shape index (κ2) is 3.92. The quantitative estimate of drug-likeness (QED) is 0.854. The summed E-state index contributed by atoms with van der Waals surface area (Å²) in [5.41, 5.74) is 8.77. The standard InChI is InChI=1S/C14H20N4/c15-10-6-7-18(8-10)14-11-2-1-3-12(11)16-13(17-14)9-4-5-9/h9-10H,1-8,15H2. The molecule has 2 heterocycles. The third-order valence-corrected chi connectivity index (χ3v) is 4.40. The van der Waals surface area contributed by atoms with Crippen LogP contribution in [0.15, 0.2) is 0 Å². The largest absolute Gasteiger partial charge is 0.355 e. The summed E-state index contributed by atoms with van der Waals surface area (Å²) in [6.45, 7) is 2.03. The predicted molar refractivity (Wildman–Crippen MR) is 70.8 cm³/mol. The lowest BCUT2D eigenvalue weighted by Gasteiger charge is -2.20. The van der Waals surface area contributed by atoms with Gasteiger partial charge in [-0.05, 0) is 38.5 Å². The van der Waals surface area contributed by atoms with Gasteiger partial charge >= 0.3 is 0 Å². The van der Waals surface area contributed by atoms with Crippen molar-refractivity contribution in [2.75, 3.05) is 18.0 Å². The molecule has 3 aliphatic rings. The van der Waals surface area contributed by atoms with Crippen LogP contribution in [-0.4, -0.2) is 29.1 Å². The van der Waals surface area contributed by atoms with Crippen molar-refractivity contribution in [3.05, 3.63) is 17.1 Å². The van der Waals surface area contributed by atoms with E-state index in [0.717, 1.165) is 38.2 Å². The van der Waals surface area contributed by atoms with Crippen molar-refractivity contribution in [2.45, 2.75) is 50.5 Å². The first-order valence-electron chi connectivity index (χ1n) is 7.21. The molecule has 1 unspecified atom stereocenters. The maximum atomic E-state index is 6.03. The fraction of sp³-hybridized carbons (Fsp3) is 0.714. The lowest BCUT2D eigenvalue weighted by atomic mass is 10.2. The summed E-state index contributed by atoms with van der Waals surface area (Å²) in [4.78, 5) is 12.1. The van der Waals surface area contributed by atoms with Gasteiger partial charge in [0.15, 0.2) is 0 Å². The summed E-state index contributed by atoms with van der Waals surface area (Å²) in [7, 11) is 0. The van der Waals surface area contributed by atoms with Gasteiger partial charge < -0.3 is 10.6 Å². The fourth-order valence-corrected chi connectivity index (χ4v) is 3.20. The van der Waals surface area contributed by atoms with Crippen LogP contribution in [0.3, 0.4) is 0 Å². The summed E-state index contributed by atoms with van der Waals surface area (Å²) in [5.74, 6) is 2.96. The van der Waals surface area contributed by atoms with Gasteiger partial charge in [0.2, 0.25) is 0 Å². The van der Waals surface area contributed by atoms with E-state index in [4.69, 9.17) is 15.7 Å². The van der Waals surface area contributed by atoms with Gasteiger partial charge in [-0.15, -0.1) is 0 Å². The second-order valence-electron chi connectivity index (χ2n) is 5.95. The lowest BCUT2D eigenvalue weighted by Crippen LogP contribution is -2.28. The Hall–Kier alpha value is -1.16. The molecule has 2 fully saturated rings. The van der Waals surface area contributed by atoms with E-state index in [1.807, 2.05) is 0 Å². The highest BCUT2D eigenvalue weighted by molar-refractivity contribution is 5.52. The molecule has 1 aromatic heterocycles. The van der Waals surface area contributed by atoms with E-state index in [-0.39, 0.29) is 0 Å². The molecule has 4 nitrogen and oxygen atoms in total. The van der Waals surface area contributed by atoms with Crippen molar-refractivity contribution in [3.63, 3.8) is 0 Å². The lowest BCUT2D eigenvalue weighted by molar-refractivity contribution is 0.750. The number of aromatic nitrogens is 2. The van der Waals surface area contributed by atoms with E-state index >= 15 is 0 Å². The minimum absolute atomic E-state index is 0.321. The number of rotatable bonds is 2. The first-order valence-corrected chi connectivity index (χ1v) is 7.21. The van der Waals surface area contributed by atoms with Gasteiger partial charge in [0.1, 0.15) is 11.6 Å². The smallest absolute Gasteiger partial charge is 0.135 e. The number of nitrogens with two attached hydrogens (primary N) is 1. The summed E-state index contributed by atoms with van der Waals surface area (Å²) in [6, 6.07) is 0.321. The number of hydrogen-bond acceptors (Lipinski definition) is 4. The van der Waals surface area contributed by atoms with Crippen LogP contribution < -0.4 is 10.6 Å². The highest BCUT2D eigenvalue weighted by atomic mass is 15.2. The van der Waals surface area contributed by atoms with Crippen LogP contribution in [0.4, 0.5) is 5.82 Å². The van der Waals surface area contributed by atoms with Crippen LogP contribution >= 0.6 is 0 Å². The van der Waals surface area contributed by atoms with Crippen LogP contribution in [0.1, 0.15) is 48.7 Å². The van der Waals surface area contributed by atoms with Crippen molar-refractivity contribution in [2.24, 2.45) is 5.73 Å². The van der Waals surface area contributed by atoms with Gasteiger partial charge in [-0.2, -0.15) is 0 Å². The summed E-state index contributed by atoms with van der Waals surface area (Å²) in [6.07, 6.45) is 7.18. The molecule has 1 atom stereocenters. The normalized spacial score (nSPS) is 26.7. The number of nitrogens with zero attached hydrogens (tertiary/aromatic N) is 3. The molecule has 0 aromatic carbocycles. The Labute approximate surface area is 108 Å². The van der Waals surface area contributed by atoms with E-state index < -0.39 is 0 Å². The van der Waals surface area contributed by atoms with Crippen LogP contribution in [0.5, 0.6) is 0 Å². The van der Waals surface area contributed by atoms with Crippen LogP contribution in [0.25, 0.3) is 0 Å². The van der Waals surface area contributed by atoms with Gasteiger partial charge in [0, 0.05) is 36.3 Å². The van der Waals surface area contributed by atoms with Crippen LogP contribution in [0.2, 0.25) is 0 Å². The zero-order valence-corrected chi connectivity index (χ0v) is 10.7.